The molecule has 0 unspecified atom stereocenters. The Balaban J connectivity index is 1.87. The lowest BCUT2D eigenvalue weighted by Crippen LogP contribution is -2.23. The second-order valence-corrected chi connectivity index (χ2v) is 5.06. The van der Waals surface area contributed by atoms with E-state index < -0.39 is 0 Å². The van der Waals surface area contributed by atoms with Crippen molar-refractivity contribution in [1.29, 1.82) is 0 Å². The average molecular weight is 301 g/mol. The normalized spacial score (nSPS) is 10.8. The first kappa shape index (κ1) is 13.6. The third-order valence-electron chi connectivity index (χ3n) is 3.13. The summed E-state index contributed by atoms with van der Waals surface area (Å²) in [6.07, 6.45) is 1.83. The zero-order valence-corrected chi connectivity index (χ0v) is 12.1. The first-order chi connectivity index (χ1) is 10.1. The number of aromatic nitrogens is 3. The monoisotopic (exact) mass is 300 g/mol. The van der Waals surface area contributed by atoms with Crippen molar-refractivity contribution in [3.05, 3.63) is 59.0 Å². The minimum absolute atomic E-state index is 0.193. The highest BCUT2D eigenvalue weighted by Crippen LogP contribution is 2.20. The van der Waals surface area contributed by atoms with Crippen molar-refractivity contribution in [2.45, 2.75) is 6.54 Å². The lowest BCUT2D eigenvalue weighted by Gasteiger charge is -2.07. The summed E-state index contributed by atoms with van der Waals surface area (Å²) in [7, 11) is 1.83. The maximum atomic E-state index is 12.4. The van der Waals surface area contributed by atoms with E-state index in [0.717, 1.165) is 11.1 Å². The Kier molecular flexibility index (Phi) is 3.58. The van der Waals surface area contributed by atoms with Crippen LogP contribution in [-0.2, 0) is 13.6 Å². The van der Waals surface area contributed by atoms with Gasteiger partial charge >= 0.3 is 0 Å². The largest absolute Gasteiger partial charge is 0.346 e. The van der Waals surface area contributed by atoms with Crippen LogP contribution in [0.2, 0.25) is 5.15 Å². The number of rotatable bonds is 3. The molecule has 1 N–H and O–H groups in total. The number of halogens is 1. The number of hydrogen-bond donors (Lipinski definition) is 1. The van der Waals surface area contributed by atoms with Crippen molar-refractivity contribution in [1.82, 2.24) is 20.1 Å². The summed E-state index contributed by atoms with van der Waals surface area (Å²) in [6.45, 7) is 0.369. The molecule has 5 nitrogen and oxygen atoms in total. The van der Waals surface area contributed by atoms with Gasteiger partial charge in [-0.3, -0.25) is 9.48 Å². The molecule has 106 valence electrons. The second-order valence-electron chi connectivity index (χ2n) is 4.67. The Hall–Kier alpha value is -2.40. The van der Waals surface area contributed by atoms with Gasteiger partial charge in [-0.2, -0.15) is 5.10 Å². The average Bonchev–Trinajstić information content (AvgIpc) is 2.89. The van der Waals surface area contributed by atoms with Gasteiger partial charge in [-0.15, -0.1) is 0 Å². The first-order valence-electron chi connectivity index (χ1n) is 6.45. The summed E-state index contributed by atoms with van der Waals surface area (Å²) >= 11 is 5.98. The number of amides is 1. The quantitative estimate of drug-likeness (QED) is 0.756. The molecule has 0 bridgehead atoms. The van der Waals surface area contributed by atoms with Gasteiger partial charge < -0.3 is 5.32 Å². The third-order valence-corrected chi connectivity index (χ3v) is 3.32. The molecular formula is C15H13ClN4O. The van der Waals surface area contributed by atoms with Gasteiger partial charge in [0.05, 0.1) is 23.3 Å². The third kappa shape index (κ3) is 2.87. The van der Waals surface area contributed by atoms with Crippen molar-refractivity contribution in [3.8, 4) is 0 Å². The fourth-order valence-electron chi connectivity index (χ4n) is 2.15. The minimum atomic E-state index is -0.193. The van der Waals surface area contributed by atoms with Crippen LogP contribution < -0.4 is 5.32 Å². The molecule has 3 rings (SSSR count). The number of fused-ring (bicyclic) bond motifs is 1. The van der Waals surface area contributed by atoms with Crippen LogP contribution in [0.5, 0.6) is 0 Å². The molecule has 0 fully saturated rings. The zero-order chi connectivity index (χ0) is 14.8. The van der Waals surface area contributed by atoms with E-state index in [1.807, 2.05) is 43.6 Å². The molecule has 0 aliphatic carbocycles. The topological polar surface area (TPSA) is 59.8 Å². The summed E-state index contributed by atoms with van der Waals surface area (Å²) in [5.41, 5.74) is 2.02. The van der Waals surface area contributed by atoms with Gasteiger partial charge in [0.25, 0.3) is 5.91 Å². The van der Waals surface area contributed by atoms with Crippen LogP contribution in [0.1, 0.15) is 16.1 Å². The molecule has 0 saturated heterocycles. The maximum absolute atomic E-state index is 12.4. The number of carbonyl (C=O) groups excluding carboxylic acids is 1. The second kappa shape index (κ2) is 5.54. The fourth-order valence-corrected chi connectivity index (χ4v) is 2.35. The molecule has 1 aromatic carbocycles. The van der Waals surface area contributed by atoms with Gasteiger partial charge in [0.2, 0.25) is 0 Å². The Labute approximate surface area is 126 Å². The highest BCUT2D eigenvalue weighted by atomic mass is 35.5. The van der Waals surface area contributed by atoms with Crippen LogP contribution in [0.3, 0.4) is 0 Å². The highest BCUT2D eigenvalue weighted by molar-refractivity contribution is 6.30. The highest BCUT2D eigenvalue weighted by Gasteiger charge is 2.12. The molecular weight excluding hydrogens is 288 g/mol. The van der Waals surface area contributed by atoms with Crippen molar-refractivity contribution >= 4 is 28.4 Å². The van der Waals surface area contributed by atoms with Crippen molar-refractivity contribution in [2.24, 2.45) is 7.05 Å². The molecule has 0 atom stereocenters. The number of hydrogen-bond acceptors (Lipinski definition) is 3. The molecule has 21 heavy (non-hydrogen) atoms. The first-order valence-corrected chi connectivity index (χ1v) is 6.83. The van der Waals surface area contributed by atoms with Gasteiger partial charge in [0.1, 0.15) is 5.15 Å². The van der Waals surface area contributed by atoms with Crippen LogP contribution in [0.25, 0.3) is 10.9 Å². The number of nitrogens with zero attached hydrogens (tertiary/aromatic N) is 3. The maximum Gasteiger partial charge on any atom is 0.252 e. The SMILES string of the molecule is Cn1ccc(CNC(=O)c2cc(Cl)nc3ccccc23)n1. The van der Waals surface area contributed by atoms with Crippen LogP contribution in [0.4, 0.5) is 0 Å². The summed E-state index contributed by atoms with van der Waals surface area (Å²) in [5.74, 6) is -0.193. The zero-order valence-electron chi connectivity index (χ0n) is 11.4. The smallest absolute Gasteiger partial charge is 0.252 e. The molecule has 0 saturated carbocycles. The van der Waals surface area contributed by atoms with E-state index in [0.29, 0.717) is 22.8 Å². The number of benzene rings is 1. The van der Waals surface area contributed by atoms with Gasteiger partial charge in [-0.1, -0.05) is 29.8 Å². The predicted molar refractivity (Wildman–Crippen MR) is 81.1 cm³/mol. The van der Waals surface area contributed by atoms with Crippen molar-refractivity contribution in [2.75, 3.05) is 0 Å². The van der Waals surface area contributed by atoms with E-state index in [2.05, 4.69) is 15.4 Å². The number of para-hydroxylation sites is 1. The summed E-state index contributed by atoms with van der Waals surface area (Å²) in [6, 6.07) is 10.9. The lowest BCUT2D eigenvalue weighted by molar-refractivity contribution is 0.0952. The molecule has 0 radical (unpaired) electrons. The minimum Gasteiger partial charge on any atom is -0.346 e. The molecule has 2 heterocycles. The molecule has 2 aromatic heterocycles. The molecule has 0 aliphatic rings. The van der Waals surface area contributed by atoms with E-state index >= 15 is 0 Å². The van der Waals surface area contributed by atoms with E-state index in [1.54, 1.807) is 10.7 Å². The molecule has 6 heteroatoms. The van der Waals surface area contributed by atoms with E-state index in [4.69, 9.17) is 11.6 Å². The van der Waals surface area contributed by atoms with Crippen molar-refractivity contribution in [3.63, 3.8) is 0 Å². The Bertz CT molecular complexity index is 812. The lowest BCUT2D eigenvalue weighted by atomic mass is 10.1. The Morgan fingerprint density at radius 2 is 2.14 bits per heavy atom. The Morgan fingerprint density at radius 3 is 2.90 bits per heavy atom. The summed E-state index contributed by atoms with van der Waals surface area (Å²) in [5, 5.41) is 8.15. The van der Waals surface area contributed by atoms with Gasteiger partial charge in [0.15, 0.2) is 0 Å². The van der Waals surface area contributed by atoms with Gasteiger partial charge in [-0.05, 0) is 18.2 Å². The van der Waals surface area contributed by atoms with Crippen LogP contribution in [0, 0.1) is 0 Å². The predicted octanol–water partition coefficient (Wildman–Crippen LogP) is 2.55. The standard InChI is InChI=1S/C15H13ClN4O/c1-20-7-6-10(19-20)9-17-15(21)12-8-14(16)18-13-5-3-2-4-11(12)13/h2-8H,9H2,1H3,(H,17,21). The number of aryl methyl sites for hydroxylation is 1. The summed E-state index contributed by atoms with van der Waals surface area (Å²) < 4.78 is 1.69. The van der Waals surface area contributed by atoms with Gasteiger partial charge in [0, 0.05) is 18.6 Å². The van der Waals surface area contributed by atoms with E-state index in [1.165, 1.54) is 0 Å². The van der Waals surface area contributed by atoms with Crippen LogP contribution in [0.15, 0.2) is 42.6 Å². The van der Waals surface area contributed by atoms with Gasteiger partial charge in [-0.25, -0.2) is 4.98 Å². The van der Waals surface area contributed by atoms with Crippen LogP contribution >= 0.6 is 11.6 Å². The summed E-state index contributed by atoms with van der Waals surface area (Å²) in [4.78, 5) is 16.6. The van der Waals surface area contributed by atoms with Crippen molar-refractivity contribution < 1.29 is 4.79 Å². The van der Waals surface area contributed by atoms with Crippen LogP contribution in [-0.4, -0.2) is 20.7 Å². The molecule has 0 spiro atoms. The number of nitrogens with one attached hydrogen (secondary N) is 1. The van der Waals surface area contributed by atoms with E-state index in [9.17, 15) is 4.79 Å². The number of pyridine rings is 1. The van der Waals surface area contributed by atoms with E-state index in [-0.39, 0.29) is 5.91 Å². The molecule has 1 amide bonds. The number of carbonyl (C=O) groups is 1. The fraction of sp³-hybridized carbons (Fsp3) is 0.133. The Morgan fingerprint density at radius 1 is 1.33 bits per heavy atom. The molecule has 0 aliphatic heterocycles. The molecule has 3 aromatic rings.